The predicted octanol–water partition coefficient (Wildman–Crippen LogP) is 5.88. The topological polar surface area (TPSA) is 68.4 Å². The van der Waals surface area contributed by atoms with E-state index in [4.69, 9.17) is 4.99 Å². The quantitative estimate of drug-likeness (QED) is 0.268. The fourth-order valence-corrected chi connectivity index (χ4v) is 6.76. The number of hydrogen-bond acceptors (Lipinski definition) is 4. The number of para-hydroxylation sites is 2. The van der Waals surface area contributed by atoms with Crippen LogP contribution >= 0.6 is 11.3 Å². The molecule has 0 saturated heterocycles. The summed E-state index contributed by atoms with van der Waals surface area (Å²) < 4.78 is 4.46. The Kier molecular flexibility index (Phi) is 6.93. The zero-order valence-electron chi connectivity index (χ0n) is 23.5. The molecule has 43 heavy (non-hydrogen) atoms. The monoisotopic (exact) mass is 580 g/mol. The molecule has 7 heteroatoms. The van der Waals surface area contributed by atoms with Crippen molar-refractivity contribution in [3.8, 4) is 0 Å². The third-order valence-corrected chi connectivity index (χ3v) is 8.70. The first kappa shape index (κ1) is 26.6. The summed E-state index contributed by atoms with van der Waals surface area (Å²) in [5.41, 5.74) is 5.67. The number of amides is 1. The molecule has 7 rings (SSSR count). The van der Waals surface area contributed by atoms with Crippen molar-refractivity contribution in [3.63, 3.8) is 0 Å². The van der Waals surface area contributed by atoms with Gasteiger partial charge in [0.15, 0.2) is 4.80 Å². The number of aromatic nitrogens is 2. The number of nitrogens with one attached hydrogen (secondary N) is 1. The summed E-state index contributed by atoms with van der Waals surface area (Å²) in [7, 11) is 0. The molecule has 1 aliphatic heterocycles. The number of anilines is 1. The Morgan fingerprint density at radius 2 is 1.53 bits per heavy atom. The highest BCUT2D eigenvalue weighted by Gasteiger charge is 2.32. The molecule has 0 aliphatic carbocycles. The lowest BCUT2D eigenvalue weighted by Crippen LogP contribution is -2.40. The molecule has 1 amide bonds. The molecule has 0 bridgehead atoms. The minimum Gasteiger partial charge on any atom is -0.342 e. The molecule has 1 N–H and O–H groups in total. The highest BCUT2D eigenvalue weighted by atomic mass is 32.1. The second-order valence-corrected chi connectivity index (χ2v) is 11.5. The first-order valence-corrected chi connectivity index (χ1v) is 14.9. The van der Waals surface area contributed by atoms with E-state index in [1.54, 1.807) is 4.57 Å². The summed E-state index contributed by atoms with van der Waals surface area (Å²) >= 11 is 1.35. The number of rotatable bonds is 6. The Balaban J connectivity index is 1.36. The lowest BCUT2D eigenvalue weighted by molar-refractivity contribution is -0.113. The van der Waals surface area contributed by atoms with Crippen molar-refractivity contribution in [3.05, 3.63) is 169 Å². The van der Waals surface area contributed by atoms with Gasteiger partial charge in [0.25, 0.3) is 11.5 Å². The predicted molar refractivity (Wildman–Crippen MR) is 173 cm³/mol. The fraction of sp³-hybridized carbons (Fsp3) is 0.0833. The van der Waals surface area contributed by atoms with E-state index < -0.39 is 6.04 Å². The number of allylic oxidation sites excluding steroid dienone is 1. The van der Waals surface area contributed by atoms with Gasteiger partial charge in [0, 0.05) is 34.9 Å². The zero-order valence-corrected chi connectivity index (χ0v) is 24.3. The molecule has 0 fully saturated rings. The van der Waals surface area contributed by atoms with Crippen molar-refractivity contribution in [2.75, 3.05) is 5.32 Å². The Hall–Kier alpha value is -5.27. The van der Waals surface area contributed by atoms with Gasteiger partial charge in [-0.05, 0) is 42.3 Å². The van der Waals surface area contributed by atoms with Gasteiger partial charge in [0.05, 0.1) is 21.8 Å². The molecule has 0 saturated carbocycles. The number of hydrogen-bond donors (Lipinski definition) is 1. The van der Waals surface area contributed by atoms with Crippen LogP contribution in [0.1, 0.15) is 29.7 Å². The number of thiazole rings is 1. The summed E-state index contributed by atoms with van der Waals surface area (Å²) in [6, 6.07) is 37.0. The third kappa shape index (κ3) is 5.04. The summed E-state index contributed by atoms with van der Waals surface area (Å²) in [4.78, 5) is 33.3. The second kappa shape index (κ2) is 11.2. The molecular formula is C36H28N4O2S. The van der Waals surface area contributed by atoms with Gasteiger partial charge in [-0.25, -0.2) is 4.99 Å². The number of nitrogens with zero attached hydrogens (tertiary/aromatic N) is 3. The maximum atomic E-state index is 14.2. The molecule has 1 aliphatic rings. The van der Waals surface area contributed by atoms with Gasteiger partial charge >= 0.3 is 0 Å². The van der Waals surface area contributed by atoms with Gasteiger partial charge in [-0.2, -0.15) is 0 Å². The van der Waals surface area contributed by atoms with Crippen molar-refractivity contribution in [2.45, 2.75) is 19.5 Å². The van der Waals surface area contributed by atoms with Crippen molar-refractivity contribution >= 4 is 39.9 Å². The molecule has 0 radical (unpaired) electrons. The van der Waals surface area contributed by atoms with Gasteiger partial charge in [0.1, 0.15) is 0 Å². The molecule has 6 aromatic rings. The molecule has 1 atom stereocenters. The highest BCUT2D eigenvalue weighted by molar-refractivity contribution is 7.07. The van der Waals surface area contributed by atoms with Crippen LogP contribution in [-0.4, -0.2) is 15.0 Å². The molecule has 210 valence electrons. The van der Waals surface area contributed by atoms with Crippen LogP contribution in [-0.2, 0) is 11.3 Å². The van der Waals surface area contributed by atoms with Crippen molar-refractivity contribution in [2.24, 2.45) is 4.99 Å². The van der Waals surface area contributed by atoms with Gasteiger partial charge < -0.3 is 9.88 Å². The smallest absolute Gasteiger partial charge is 0.271 e. The van der Waals surface area contributed by atoms with E-state index in [1.165, 1.54) is 16.9 Å². The van der Waals surface area contributed by atoms with Gasteiger partial charge in [0.2, 0.25) is 0 Å². The maximum Gasteiger partial charge on any atom is 0.271 e. The van der Waals surface area contributed by atoms with E-state index in [1.807, 2.05) is 104 Å². The molecule has 0 spiro atoms. The summed E-state index contributed by atoms with van der Waals surface area (Å²) in [5.74, 6) is -0.278. The first-order chi connectivity index (χ1) is 21.1. The van der Waals surface area contributed by atoms with Crippen LogP contribution in [0.4, 0.5) is 5.69 Å². The van der Waals surface area contributed by atoms with E-state index in [0.717, 1.165) is 28.6 Å². The van der Waals surface area contributed by atoms with Crippen molar-refractivity contribution < 1.29 is 4.79 Å². The maximum absolute atomic E-state index is 14.2. The molecule has 2 aromatic heterocycles. The largest absolute Gasteiger partial charge is 0.342 e. The minimum atomic E-state index is -0.609. The standard InChI is InChI=1S/C36H28N4O2S/c1-24-32(34(41)38-28-17-9-4-10-18-28)33(26-15-7-3-8-16-26)40-35(42)31(43-36(40)37-24)21-27-23-39(22-25-13-5-2-6-14-25)30-20-12-11-19-29(27)30/h2-21,23,33H,22H2,1H3,(H,38,41)/b31-21-/t33-/m1/s1. The lowest BCUT2D eigenvalue weighted by atomic mass is 9.95. The average molecular weight is 581 g/mol. The first-order valence-electron chi connectivity index (χ1n) is 14.1. The van der Waals surface area contributed by atoms with Crippen molar-refractivity contribution in [1.29, 1.82) is 0 Å². The van der Waals surface area contributed by atoms with E-state index in [2.05, 4.69) is 40.3 Å². The summed E-state index contributed by atoms with van der Waals surface area (Å²) in [6.45, 7) is 2.56. The average Bonchev–Trinajstić information content (AvgIpc) is 3.53. The number of carbonyl (C=O) groups is 1. The van der Waals surface area contributed by atoms with E-state index >= 15 is 0 Å². The molecule has 0 unspecified atom stereocenters. The van der Waals surface area contributed by atoms with Crippen LogP contribution in [0.3, 0.4) is 0 Å². The minimum absolute atomic E-state index is 0.171. The van der Waals surface area contributed by atoms with E-state index in [-0.39, 0.29) is 11.5 Å². The van der Waals surface area contributed by atoms with Crippen LogP contribution in [0.15, 0.2) is 143 Å². The molecule has 3 heterocycles. The number of fused-ring (bicyclic) bond motifs is 2. The Labute approximate surface area is 252 Å². The molecule has 6 nitrogen and oxygen atoms in total. The molecule has 4 aromatic carbocycles. The van der Waals surface area contributed by atoms with Crippen LogP contribution in [0.2, 0.25) is 0 Å². The van der Waals surface area contributed by atoms with Crippen LogP contribution in [0.25, 0.3) is 17.0 Å². The summed E-state index contributed by atoms with van der Waals surface area (Å²) in [5, 5.41) is 4.07. The van der Waals surface area contributed by atoms with Crippen LogP contribution in [0, 0.1) is 0 Å². The Morgan fingerprint density at radius 3 is 2.28 bits per heavy atom. The van der Waals surface area contributed by atoms with Crippen molar-refractivity contribution in [1.82, 2.24) is 9.13 Å². The Morgan fingerprint density at radius 1 is 0.884 bits per heavy atom. The normalized spacial score (nSPS) is 14.9. The highest BCUT2D eigenvalue weighted by Crippen LogP contribution is 2.31. The second-order valence-electron chi connectivity index (χ2n) is 10.5. The van der Waals surface area contributed by atoms with Crippen LogP contribution in [0.5, 0.6) is 0 Å². The van der Waals surface area contributed by atoms with Gasteiger partial charge in [-0.3, -0.25) is 14.2 Å². The summed E-state index contributed by atoms with van der Waals surface area (Å²) in [6.07, 6.45) is 4.06. The van der Waals surface area contributed by atoms with E-state index in [9.17, 15) is 9.59 Å². The lowest BCUT2D eigenvalue weighted by Gasteiger charge is -2.25. The SMILES string of the molecule is CC1=C(C(=O)Nc2ccccc2)[C@@H](c2ccccc2)n2c(s/c(=C\c3cn(Cc4ccccc4)c4ccccc34)c2=O)=N1. The van der Waals surface area contributed by atoms with Crippen LogP contribution < -0.4 is 20.2 Å². The fourth-order valence-electron chi connectivity index (χ4n) is 5.72. The van der Waals surface area contributed by atoms with Gasteiger partial charge in [-0.15, -0.1) is 0 Å². The zero-order chi connectivity index (χ0) is 29.3. The van der Waals surface area contributed by atoms with Gasteiger partial charge in [-0.1, -0.05) is 108 Å². The molecular weight excluding hydrogens is 552 g/mol. The third-order valence-electron chi connectivity index (χ3n) is 7.72. The number of benzene rings is 4. The Bertz CT molecular complexity index is 2180. The van der Waals surface area contributed by atoms with E-state index in [0.29, 0.717) is 26.3 Å². The number of carbonyl (C=O) groups excluding carboxylic acids is 1.